The third-order valence-electron chi connectivity index (χ3n) is 4.53. The summed E-state index contributed by atoms with van der Waals surface area (Å²) < 4.78 is 66.4. The second-order valence-corrected chi connectivity index (χ2v) is 6.12. The van der Waals surface area contributed by atoms with Crippen molar-refractivity contribution in [1.29, 1.82) is 0 Å². The van der Waals surface area contributed by atoms with E-state index in [2.05, 4.69) is 19.2 Å². The van der Waals surface area contributed by atoms with E-state index in [0.717, 1.165) is 25.7 Å². The molecular weight excluding hydrogens is 353 g/mol. The second kappa shape index (κ2) is 8.47. The van der Waals surface area contributed by atoms with Crippen molar-refractivity contribution < 1.29 is 26.7 Å². The number of amides is 1. The number of carbonyl (C=O) groups is 1. The molecule has 1 aliphatic rings. The smallest absolute Gasteiger partial charge is 0.257 e. The van der Waals surface area contributed by atoms with Crippen LogP contribution in [0.15, 0.2) is 22.8 Å². The van der Waals surface area contributed by atoms with Crippen LogP contribution in [0.25, 0.3) is 0 Å². The molecule has 0 aromatic heterocycles. The van der Waals surface area contributed by atoms with Gasteiger partial charge in [-0.1, -0.05) is 36.6 Å². The lowest BCUT2D eigenvalue weighted by molar-refractivity contribution is 0.0942. The summed E-state index contributed by atoms with van der Waals surface area (Å²) in [5.74, 6) is -12.1. The van der Waals surface area contributed by atoms with Gasteiger partial charge in [0.1, 0.15) is 5.56 Å². The van der Waals surface area contributed by atoms with Gasteiger partial charge in [-0.25, -0.2) is 22.0 Å². The van der Waals surface area contributed by atoms with Crippen molar-refractivity contribution >= 4 is 5.91 Å². The van der Waals surface area contributed by atoms with Crippen molar-refractivity contribution in [3.8, 4) is 0 Å². The topological polar surface area (TPSA) is 29.1 Å². The molecule has 2 nitrogen and oxygen atoms in total. The molecule has 2 rings (SSSR count). The van der Waals surface area contributed by atoms with Gasteiger partial charge in [-0.2, -0.15) is 0 Å². The molecule has 1 aromatic rings. The molecule has 0 saturated carbocycles. The highest BCUT2D eigenvalue weighted by atomic mass is 19.2. The van der Waals surface area contributed by atoms with Gasteiger partial charge in [0.15, 0.2) is 23.3 Å². The van der Waals surface area contributed by atoms with E-state index in [-0.39, 0.29) is 6.54 Å². The fourth-order valence-corrected chi connectivity index (χ4v) is 3.11. The van der Waals surface area contributed by atoms with Crippen LogP contribution in [0, 0.1) is 29.1 Å². The molecule has 1 aromatic carbocycles. The van der Waals surface area contributed by atoms with E-state index in [4.69, 9.17) is 0 Å². The second-order valence-electron chi connectivity index (χ2n) is 6.12. The highest BCUT2D eigenvalue weighted by Gasteiger charge is 2.29. The van der Waals surface area contributed by atoms with E-state index in [9.17, 15) is 26.7 Å². The minimum absolute atomic E-state index is 0.0325. The van der Waals surface area contributed by atoms with Gasteiger partial charge in [0, 0.05) is 6.54 Å². The monoisotopic (exact) mass is 373 g/mol. The summed E-state index contributed by atoms with van der Waals surface area (Å²) in [4.78, 5) is 11.8. The van der Waals surface area contributed by atoms with Crippen LogP contribution in [0.2, 0.25) is 0 Å². The Kier molecular flexibility index (Phi) is 6.56. The summed E-state index contributed by atoms with van der Waals surface area (Å²) in [6, 6.07) is 0. The maximum absolute atomic E-state index is 13.6. The Morgan fingerprint density at radius 3 is 1.81 bits per heavy atom. The van der Waals surface area contributed by atoms with Gasteiger partial charge >= 0.3 is 0 Å². The molecule has 142 valence electrons. The number of nitrogens with one attached hydrogen (secondary N) is 1. The summed E-state index contributed by atoms with van der Waals surface area (Å²) in [7, 11) is 0. The van der Waals surface area contributed by atoms with Crippen LogP contribution in [0.5, 0.6) is 0 Å². The Labute approximate surface area is 148 Å². The first kappa shape index (κ1) is 20.1. The minimum atomic E-state index is -2.28. The van der Waals surface area contributed by atoms with Gasteiger partial charge in [-0.15, -0.1) is 0 Å². The van der Waals surface area contributed by atoms with E-state index >= 15 is 0 Å². The fraction of sp³-hybridized carbons (Fsp3) is 0.421. The summed E-state index contributed by atoms with van der Waals surface area (Å²) >= 11 is 0. The van der Waals surface area contributed by atoms with Crippen molar-refractivity contribution in [2.75, 3.05) is 6.54 Å². The van der Waals surface area contributed by atoms with Crippen LogP contribution in [0.3, 0.4) is 0 Å². The van der Waals surface area contributed by atoms with Gasteiger partial charge in [0.05, 0.1) is 0 Å². The van der Waals surface area contributed by atoms with E-state index < -0.39 is 40.6 Å². The summed E-state index contributed by atoms with van der Waals surface area (Å²) in [5, 5.41) is 2.20. The Balaban J connectivity index is 1.98. The van der Waals surface area contributed by atoms with E-state index in [1.807, 2.05) is 6.08 Å². The van der Waals surface area contributed by atoms with Gasteiger partial charge in [0.2, 0.25) is 5.82 Å². The highest BCUT2D eigenvalue weighted by molar-refractivity contribution is 5.94. The number of hydrogen-bond acceptors (Lipinski definition) is 1. The van der Waals surface area contributed by atoms with Crippen molar-refractivity contribution in [3.63, 3.8) is 0 Å². The Morgan fingerprint density at radius 2 is 1.35 bits per heavy atom. The van der Waals surface area contributed by atoms with Gasteiger partial charge in [0.25, 0.3) is 5.91 Å². The molecule has 0 fully saturated rings. The minimum Gasteiger partial charge on any atom is -0.352 e. The van der Waals surface area contributed by atoms with Crippen molar-refractivity contribution in [3.05, 3.63) is 57.4 Å². The predicted octanol–water partition coefficient (Wildman–Crippen LogP) is 5.34. The average Bonchev–Trinajstić information content (AvgIpc) is 3.04. The molecule has 1 aliphatic carbocycles. The first-order valence-corrected chi connectivity index (χ1v) is 8.49. The van der Waals surface area contributed by atoms with Crippen molar-refractivity contribution in [2.45, 2.75) is 46.0 Å². The maximum Gasteiger partial charge on any atom is 0.257 e. The highest BCUT2D eigenvalue weighted by Crippen LogP contribution is 2.34. The zero-order chi connectivity index (χ0) is 19.4. The standard InChI is InChI=1S/C19H20F5NO/c1-3-11-8-10(9-12(11)4-2)6-5-7-25-19(26)13-14(20)16(22)18(24)17(23)15(13)21/h6H,3-5,7-9H2,1-2H3,(H,25,26). The van der Waals surface area contributed by atoms with Crippen molar-refractivity contribution in [2.24, 2.45) is 0 Å². The Hall–Kier alpha value is -2.18. The first-order chi connectivity index (χ1) is 12.3. The number of halogens is 5. The van der Waals surface area contributed by atoms with Crippen LogP contribution < -0.4 is 5.32 Å². The summed E-state index contributed by atoms with van der Waals surface area (Å²) in [6.07, 6.45) is 6.08. The number of rotatable bonds is 6. The SMILES string of the molecule is CCC1=C(CC)CC(=CCCNC(=O)c2c(F)c(F)c(F)c(F)c2F)C1. The number of hydrogen-bond donors (Lipinski definition) is 1. The molecule has 0 atom stereocenters. The number of carbonyl (C=O) groups excluding carboxylic acids is 1. The molecule has 0 bridgehead atoms. The van der Waals surface area contributed by atoms with Gasteiger partial charge < -0.3 is 5.32 Å². The summed E-state index contributed by atoms with van der Waals surface area (Å²) in [6.45, 7) is 4.22. The largest absolute Gasteiger partial charge is 0.352 e. The Morgan fingerprint density at radius 1 is 0.885 bits per heavy atom. The molecule has 0 heterocycles. The third kappa shape index (κ3) is 3.97. The summed E-state index contributed by atoms with van der Waals surface area (Å²) in [5.41, 5.74) is 2.57. The molecule has 0 aliphatic heterocycles. The number of benzene rings is 1. The van der Waals surface area contributed by atoms with Crippen LogP contribution in [0.4, 0.5) is 22.0 Å². The molecule has 0 saturated heterocycles. The quantitative estimate of drug-likeness (QED) is 0.236. The average molecular weight is 373 g/mol. The fourth-order valence-electron chi connectivity index (χ4n) is 3.11. The maximum atomic E-state index is 13.6. The predicted molar refractivity (Wildman–Crippen MR) is 88.1 cm³/mol. The number of allylic oxidation sites excluding steroid dienone is 3. The third-order valence-corrected chi connectivity index (χ3v) is 4.53. The van der Waals surface area contributed by atoms with Gasteiger partial charge in [-0.05, 0) is 32.1 Å². The zero-order valence-electron chi connectivity index (χ0n) is 14.6. The van der Waals surface area contributed by atoms with Crippen molar-refractivity contribution in [1.82, 2.24) is 5.32 Å². The molecule has 1 N–H and O–H groups in total. The first-order valence-electron chi connectivity index (χ1n) is 8.49. The molecule has 7 heteroatoms. The lowest BCUT2D eigenvalue weighted by atomic mass is 10.1. The zero-order valence-corrected chi connectivity index (χ0v) is 14.6. The normalized spacial score (nSPS) is 14.2. The van der Waals surface area contributed by atoms with E-state index in [0.29, 0.717) is 6.42 Å². The van der Waals surface area contributed by atoms with Crippen LogP contribution in [-0.2, 0) is 0 Å². The van der Waals surface area contributed by atoms with E-state index in [1.54, 1.807) is 0 Å². The lowest BCUT2D eigenvalue weighted by Crippen LogP contribution is -2.27. The lowest BCUT2D eigenvalue weighted by Gasteiger charge is -2.08. The molecule has 0 unspecified atom stereocenters. The molecule has 1 amide bonds. The molecular formula is C19H20F5NO. The van der Waals surface area contributed by atoms with Crippen LogP contribution >= 0.6 is 0 Å². The van der Waals surface area contributed by atoms with Crippen LogP contribution in [0.1, 0.15) is 56.3 Å². The Bertz CT molecular complexity index is 736. The van der Waals surface area contributed by atoms with Gasteiger partial charge in [-0.3, -0.25) is 4.79 Å². The molecule has 26 heavy (non-hydrogen) atoms. The van der Waals surface area contributed by atoms with E-state index in [1.165, 1.54) is 16.7 Å². The molecule has 0 radical (unpaired) electrons. The van der Waals surface area contributed by atoms with Crippen LogP contribution in [-0.4, -0.2) is 12.5 Å². The molecule has 0 spiro atoms.